The maximum atomic E-state index is 5.38. The fraction of sp³-hybridized carbons (Fsp3) is 0.278. The lowest BCUT2D eigenvalue weighted by atomic mass is 10.2. The molecule has 0 fully saturated rings. The van der Waals surface area contributed by atoms with Crippen LogP contribution in [0.25, 0.3) is 28.2 Å². The topological polar surface area (TPSA) is 94.6 Å². The van der Waals surface area contributed by atoms with Crippen LogP contribution in [0.2, 0.25) is 0 Å². The summed E-state index contributed by atoms with van der Waals surface area (Å²) in [6, 6.07) is 10.2. The zero-order valence-electron chi connectivity index (χ0n) is 15.2. The Labute approximate surface area is 162 Å². The van der Waals surface area contributed by atoms with Crippen molar-refractivity contribution in [3.8, 4) is 17.3 Å². The molecule has 0 spiro atoms. The molecule has 1 N–H and O–H groups in total. The lowest BCUT2D eigenvalue weighted by Crippen LogP contribution is -2.24. The predicted octanol–water partition coefficient (Wildman–Crippen LogP) is 2.75. The molecule has 8 nitrogen and oxygen atoms in total. The summed E-state index contributed by atoms with van der Waals surface area (Å²) in [6.45, 7) is 4.00. The summed E-state index contributed by atoms with van der Waals surface area (Å²) in [5.41, 5.74) is 3.27. The third-order valence-electron chi connectivity index (χ3n) is 4.38. The number of fused-ring (bicyclic) bond motifs is 1. The van der Waals surface area contributed by atoms with Gasteiger partial charge >= 0.3 is 0 Å². The Morgan fingerprint density at radius 1 is 1.26 bits per heavy atom. The van der Waals surface area contributed by atoms with Crippen LogP contribution in [0.4, 0.5) is 0 Å². The molecule has 1 unspecified atom stereocenters. The van der Waals surface area contributed by atoms with Crippen LogP contribution in [-0.2, 0) is 6.42 Å². The van der Waals surface area contributed by atoms with Crippen LogP contribution in [0, 0.1) is 6.92 Å². The lowest BCUT2D eigenvalue weighted by molar-refractivity contribution is 0.417. The number of nitrogens with zero attached hydrogens (tertiary/aromatic N) is 6. The number of hydrogen-bond donors (Lipinski definition) is 1. The van der Waals surface area contributed by atoms with Gasteiger partial charge in [-0.1, -0.05) is 16.4 Å². The van der Waals surface area contributed by atoms with Gasteiger partial charge in [0.1, 0.15) is 0 Å². The van der Waals surface area contributed by atoms with Gasteiger partial charge in [-0.15, -0.1) is 17.5 Å². The standard InChI is InChI=1S/C18H19N7O.ClH/c1-11(19-3)9-16-21-18(26-23-16)17-12(2)25(24-22-17)14-6-7-15-13(10-14)5-4-8-20-15;/h4-8,10-11,19H,9H2,1-3H3;1H. The third kappa shape index (κ3) is 3.67. The van der Waals surface area contributed by atoms with Crippen molar-refractivity contribution >= 4 is 23.3 Å². The highest BCUT2D eigenvalue weighted by atomic mass is 35.5. The molecule has 140 valence electrons. The molecule has 0 saturated carbocycles. The van der Waals surface area contributed by atoms with Crippen molar-refractivity contribution in [1.29, 1.82) is 0 Å². The molecule has 0 aliphatic heterocycles. The summed E-state index contributed by atoms with van der Waals surface area (Å²) in [5.74, 6) is 1.03. The molecule has 9 heteroatoms. The molecule has 3 heterocycles. The Morgan fingerprint density at radius 2 is 2.11 bits per heavy atom. The second-order valence-corrected chi connectivity index (χ2v) is 6.23. The van der Waals surface area contributed by atoms with Crippen molar-refractivity contribution in [2.24, 2.45) is 0 Å². The van der Waals surface area contributed by atoms with Crippen molar-refractivity contribution < 1.29 is 4.52 Å². The van der Waals surface area contributed by atoms with Gasteiger partial charge in [0.05, 0.1) is 16.9 Å². The maximum Gasteiger partial charge on any atom is 0.280 e. The molecule has 0 radical (unpaired) electrons. The van der Waals surface area contributed by atoms with Crippen LogP contribution in [0.5, 0.6) is 0 Å². The molecule has 1 aromatic carbocycles. The Bertz CT molecular complexity index is 1060. The summed E-state index contributed by atoms with van der Waals surface area (Å²) in [4.78, 5) is 8.78. The largest absolute Gasteiger partial charge is 0.332 e. The molecule has 1 atom stereocenters. The number of hydrogen-bond acceptors (Lipinski definition) is 7. The summed E-state index contributed by atoms with van der Waals surface area (Å²) < 4.78 is 7.15. The van der Waals surface area contributed by atoms with E-state index in [4.69, 9.17) is 4.52 Å². The second-order valence-electron chi connectivity index (χ2n) is 6.23. The lowest BCUT2D eigenvalue weighted by Gasteiger charge is -2.05. The highest BCUT2D eigenvalue weighted by molar-refractivity contribution is 5.85. The molecule has 4 rings (SSSR count). The zero-order chi connectivity index (χ0) is 18.1. The average Bonchev–Trinajstić information content (AvgIpc) is 3.27. The van der Waals surface area contributed by atoms with Crippen LogP contribution >= 0.6 is 12.4 Å². The van der Waals surface area contributed by atoms with Crippen LogP contribution in [0.1, 0.15) is 18.4 Å². The van der Waals surface area contributed by atoms with Gasteiger partial charge in [-0.25, -0.2) is 4.68 Å². The van der Waals surface area contributed by atoms with Crippen molar-refractivity contribution in [3.05, 3.63) is 48.0 Å². The van der Waals surface area contributed by atoms with Gasteiger partial charge in [-0.3, -0.25) is 4.98 Å². The molecule has 0 bridgehead atoms. The van der Waals surface area contributed by atoms with Crippen molar-refractivity contribution in [1.82, 2.24) is 35.4 Å². The molecular weight excluding hydrogens is 366 g/mol. The Morgan fingerprint density at radius 3 is 2.93 bits per heavy atom. The van der Waals surface area contributed by atoms with E-state index in [1.54, 1.807) is 10.9 Å². The first-order valence-electron chi connectivity index (χ1n) is 8.43. The van der Waals surface area contributed by atoms with E-state index in [0.717, 1.165) is 22.3 Å². The van der Waals surface area contributed by atoms with Gasteiger partial charge < -0.3 is 9.84 Å². The Balaban J connectivity index is 0.00000210. The van der Waals surface area contributed by atoms with E-state index in [2.05, 4.69) is 37.7 Å². The quantitative estimate of drug-likeness (QED) is 0.564. The van der Waals surface area contributed by atoms with E-state index in [9.17, 15) is 0 Å². The summed E-state index contributed by atoms with van der Waals surface area (Å²) in [7, 11) is 1.90. The minimum Gasteiger partial charge on any atom is -0.332 e. The smallest absolute Gasteiger partial charge is 0.280 e. The normalized spacial score (nSPS) is 12.1. The summed E-state index contributed by atoms with van der Waals surface area (Å²) in [5, 5.41) is 16.7. The van der Waals surface area contributed by atoms with Gasteiger partial charge in [-0.2, -0.15) is 4.98 Å². The number of rotatable bonds is 5. The first-order valence-corrected chi connectivity index (χ1v) is 8.43. The highest BCUT2D eigenvalue weighted by Crippen LogP contribution is 2.23. The highest BCUT2D eigenvalue weighted by Gasteiger charge is 2.19. The van der Waals surface area contributed by atoms with Crippen LogP contribution < -0.4 is 5.32 Å². The van der Waals surface area contributed by atoms with Crippen LogP contribution in [0.15, 0.2) is 41.1 Å². The van der Waals surface area contributed by atoms with Crippen molar-refractivity contribution in [3.63, 3.8) is 0 Å². The molecule has 27 heavy (non-hydrogen) atoms. The van der Waals surface area contributed by atoms with E-state index < -0.39 is 0 Å². The predicted molar refractivity (Wildman–Crippen MR) is 104 cm³/mol. The van der Waals surface area contributed by atoms with Gasteiger partial charge in [-0.05, 0) is 45.2 Å². The molecule has 0 saturated heterocycles. The van der Waals surface area contributed by atoms with Gasteiger partial charge in [0, 0.05) is 24.0 Å². The maximum absolute atomic E-state index is 5.38. The van der Waals surface area contributed by atoms with Gasteiger partial charge in [0.2, 0.25) is 0 Å². The summed E-state index contributed by atoms with van der Waals surface area (Å²) in [6.07, 6.45) is 2.47. The number of halogens is 1. The molecular formula is C18H20ClN7O. The minimum atomic E-state index is 0. The number of likely N-dealkylation sites (N-methyl/N-ethyl adjacent to an activating group) is 1. The molecule has 4 aromatic rings. The van der Waals surface area contributed by atoms with Crippen molar-refractivity contribution in [2.75, 3.05) is 7.05 Å². The molecule has 3 aromatic heterocycles. The van der Waals surface area contributed by atoms with E-state index in [-0.39, 0.29) is 18.4 Å². The molecule has 0 aliphatic rings. The van der Waals surface area contributed by atoms with Crippen LogP contribution in [-0.4, -0.2) is 43.2 Å². The van der Waals surface area contributed by atoms with E-state index in [1.807, 2.05) is 44.3 Å². The molecule has 0 aliphatic carbocycles. The number of benzene rings is 1. The van der Waals surface area contributed by atoms with Gasteiger partial charge in [0.15, 0.2) is 11.5 Å². The van der Waals surface area contributed by atoms with E-state index >= 15 is 0 Å². The fourth-order valence-corrected chi connectivity index (χ4v) is 2.78. The Hall–Kier alpha value is -2.84. The van der Waals surface area contributed by atoms with E-state index in [1.165, 1.54) is 0 Å². The van der Waals surface area contributed by atoms with Crippen LogP contribution in [0.3, 0.4) is 0 Å². The zero-order valence-corrected chi connectivity index (χ0v) is 16.1. The average molecular weight is 386 g/mol. The third-order valence-corrected chi connectivity index (χ3v) is 4.38. The number of nitrogens with one attached hydrogen (secondary N) is 1. The van der Waals surface area contributed by atoms with Gasteiger partial charge in [0.25, 0.3) is 5.89 Å². The number of aromatic nitrogens is 6. The first kappa shape index (κ1) is 18.9. The SMILES string of the molecule is CNC(C)Cc1noc(-c2nnn(-c3ccc4ncccc4c3)c2C)n1.Cl. The first-order chi connectivity index (χ1) is 12.7. The second kappa shape index (κ2) is 7.81. The minimum absolute atomic E-state index is 0. The summed E-state index contributed by atoms with van der Waals surface area (Å²) >= 11 is 0. The Kier molecular flexibility index (Phi) is 5.48. The van der Waals surface area contributed by atoms with E-state index in [0.29, 0.717) is 23.8 Å². The van der Waals surface area contributed by atoms with Crippen molar-refractivity contribution in [2.45, 2.75) is 26.3 Å². The fourth-order valence-electron chi connectivity index (χ4n) is 2.78. The monoisotopic (exact) mass is 385 g/mol. The number of pyridine rings is 1. The molecule has 0 amide bonds.